The van der Waals surface area contributed by atoms with Crippen molar-refractivity contribution in [3.63, 3.8) is 0 Å². The lowest BCUT2D eigenvalue weighted by Crippen LogP contribution is -2.54. The van der Waals surface area contributed by atoms with Crippen LogP contribution in [0.25, 0.3) is 0 Å². The molecule has 2 aromatic rings. The fourth-order valence-corrected chi connectivity index (χ4v) is 4.15. The number of carbonyl (C=O) groups excluding carboxylic acids is 2. The van der Waals surface area contributed by atoms with Crippen molar-refractivity contribution in [2.75, 3.05) is 38.2 Å². The van der Waals surface area contributed by atoms with Gasteiger partial charge in [0.1, 0.15) is 30.9 Å². The first-order valence-electron chi connectivity index (χ1n) is 13.8. The molecule has 1 aromatic heterocycles. The number of rotatable bonds is 13. The van der Waals surface area contributed by atoms with Crippen LogP contribution in [0.5, 0.6) is 17.2 Å². The van der Waals surface area contributed by atoms with Crippen LogP contribution in [-0.4, -0.2) is 82.0 Å². The minimum absolute atomic E-state index is 0.0719. The quantitative estimate of drug-likeness (QED) is 0.119. The molecule has 8 N–H and O–H groups in total. The zero-order chi connectivity index (χ0) is 31.2. The lowest BCUT2D eigenvalue weighted by Gasteiger charge is -2.33. The molecule has 42 heavy (non-hydrogen) atoms. The number of aliphatic hydroxyl groups excluding tert-OH is 1. The molecule has 1 amide bonds. The Morgan fingerprint density at radius 3 is 2.52 bits per heavy atom. The molecule has 0 saturated heterocycles. The van der Waals surface area contributed by atoms with Crippen molar-refractivity contribution in [1.29, 1.82) is 0 Å². The molecular weight excluding hydrogens is 544 g/mol. The van der Waals surface area contributed by atoms with E-state index in [-0.39, 0.29) is 55.7 Å². The maximum atomic E-state index is 13.5. The van der Waals surface area contributed by atoms with E-state index < -0.39 is 29.3 Å². The van der Waals surface area contributed by atoms with Crippen LogP contribution in [0.3, 0.4) is 0 Å². The van der Waals surface area contributed by atoms with Crippen molar-refractivity contribution >= 4 is 23.2 Å². The number of hydrogen-bond acceptors (Lipinski definition) is 12. The Balaban J connectivity index is 1.80. The molecular formula is C28H44N8O6. The first-order chi connectivity index (χ1) is 19.6. The molecule has 0 fully saturated rings. The third-order valence-electron chi connectivity index (χ3n) is 6.28. The molecule has 3 rings (SSSR count). The zero-order valence-corrected chi connectivity index (χ0v) is 25.2. The van der Waals surface area contributed by atoms with E-state index in [1.807, 2.05) is 20.8 Å². The Morgan fingerprint density at radius 2 is 1.90 bits per heavy atom. The van der Waals surface area contributed by atoms with Gasteiger partial charge in [-0.25, -0.2) is 4.79 Å². The van der Waals surface area contributed by atoms with Gasteiger partial charge in [0.05, 0.1) is 19.3 Å². The van der Waals surface area contributed by atoms with Crippen LogP contribution in [0, 0.1) is 5.41 Å². The van der Waals surface area contributed by atoms with Crippen LogP contribution in [0.15, 0.2) is 29.2 Å². The SMILES string of the molecule is CC(C)(C)NC(CO)CN(CC(=O)C(C)(C)C)C(=O)Cn1cc2c(nc1=O)Nc1c(OCCNC(N)N)cccc1O2. The smallest absolute Gasteiger partial charge is 0.350 e. The molecule has 0 radical (unpaired) electrons. The molecule has 1 unspecified atom stereocenters. The van der Waals surface area contributed by atoms with Gasteiger partial charge in [-0.05, 0) is 32.9 Å². The van der Waals surface area contributed by atoms with Crippen molar-refractivity contribution in [3.8, 4) is 17.2 Å². The van der Waals surface area contributed by atoms with Crippen molar-refractivity contribution < 1.29 is 24.2 Å². The van der Waals surface area contributed by atoms with Gasteiger partial charge in [-0.1, -0.05) is 26.8 Å². The molecule has 1 aliphatic rings. The Labute approximate surface area is 245 Å². The van der Waals surface area contributed by atoms with Gasteiger partial charge in [-0.2, -0.15) is 4.98 Å². The minimum atomic E-state index is -0.685. The number of amides is 1. The summed E-state index contributed by atoms with van der Waals surface area (Å²) < 4.78 is 12.9. The maximum Gasteiger partial charge on any atom is 0.350 e. The number of nitrogens with two attached hydrogens (primary N) is 2. The van der Waals surface area contributed by atoms with E-state index in [0.717, 1.165) is 4.57 Å². The van der Waals surface area contributed by atoms with E-state index in [1.54, 1.807) is 39.0 Å². The van der Waals surface area contributed by atoms with Crippen molar-refractivity contribution in [3.05, 3.63) is 34.9 Å². The molecule has 1 aliphatic heterocycles. The second-order valence-electron chi connectivity index (χ2n) is 12.3. The third-order valence-corrected chi connectivity index (χ3v) is 6.28. The number of anilines is 2. The first kappa shape index (κ1) is 32.9. The molecule has 0 bridgehead atoms. The zero-order valence-electron chi connectivity index (χ0n) is 25.2. The number of Topliss-reactive ketones (excluding diaryl/α,β-unsaturated/α-hetero) is 1. The van der Waals surface area contributed by atoms with Crippen LogP contribution in [0.1, 0.15) is 41.5 Å². The van der Waals surface area contributed by atoms with Gasteiger partial charge < -0.3 is 41.6 Å². The average molecular weight is 589 g/mol. The van der Waals surface area contributed by atoms with Gasteiger partial charge >= 0.3 is 5.69 Å². The highest BCUT2D eigenvalue weighted by atomic mass is 16.5. The average Bonchev–Trinajstić information content (AvgIpc) is 2.88. The number of hydrogen-bond donors (Lipinski definition) is 6. The number of ether oxygens (including phenoxy) is 2. The highest BCUT2D eigenvalue weighted by Crippen LogP contribution is 2.44. The Kier molecular flexibility index (Phi) is 10.7. The number of nitrogens with one attached hydrogen (secondary N) is 3. The first-order valence-corrected chi connectivity index (χ1v) is 13.8. The molecule has 1 aromatic carbocycles. The van der Waals surface area contributed by atoms with Gasteiger partial charge in [-0.15, -0.1) is 0 Å². The van der Waals surface area contributed by atoms with E-state index in [1.165, 1.54) is 11.1 Å². The lowest BCUT2D eigenvalue weighted by molar-refractivity contribution is -0.139. The highest BCUT2D eigenvalue weighted by molar-refractivity contribution is 5.89. The summed E-state index contributed by atoms with van der Waals surface area (Å²) in [5.74, 6) is 0.706. The van der Waals surface area contributed by atoms with E-state index in [4.69, 9.17) is 20.9 Å². The number of nitrogens with zero attached hydrogens (tertiary/aromatic N) is 3. The number of aromatic nitrogens is 2. The standard InChI is InChI=1S/C28H44N8O6/c1-27(2,3)21(38)14-35(12-17(16-37)34-28(4,5)6)22(39)15-36-13-20-24(33-26(36)40)32-23-18(8-7-9-19(23)42-20)41-11-10-31-25(29)30/h7-9,13,17,25,31,34,37H,10-12,14-16,29-30H2,1-6H3,(H,32,33,40). The van der Waals surface area contributed by atoms with E-state index in [2.05, 4.69) is 20.9 Å². The molecule has 14 nitrogen and oxygen atoms in total. The predicted octanol–water partition coefficient (Wildman–Crippen LogP) is 0.455. The Hall–Kier alpha value is -3.56. The molecule has 0 spiro atoms. The van der Waals surface area contributed by atoms with Gasteiger partial charge in [0.25, 0.3) is 0 Å². The van der Waals surface area contributed by atoms with Gasteiger partial charge in [0, 0.05) is 30.1 Å². The maximum absolute atomic E-state index is 13.5. The van der Waals surface area contributed by atoms with Crippen LogP contribution in [0.4, 0.5) is 11.5 Å². The predicted molar refractivity (Wildman–Crippen MR) is 159 cm³/mol. The number of ketones is 1. The number of benzene rings is 1. The minimum Gasteiger partial charge on any atom is -0.490 e. The molecule has 232 valence electrons. The molecule has 0 saturated carbocycles. The fraction of sp³-hybridized carbons (Fsp3) is 0.571. The van der Waals surface area contributed by atoms with Crippen molar-refractivity contribution in [1.82, 2.24) is 25.1 Å². The van der Waals surface area contributed by atoms with Crippen LogP contribution in [0.2, 0.25) is 0 Å². The summed E-state index contributed by atoms with van der Waals surface area (Å²) in [5, 5.41) is 19.2. The van der Waals surface area contributed by atoms with Gasteiger partial charge in [-0.3, -0.25) is 19.5 Å². The molecule has 2 heterocycles. The number of aliphatic hydroxyl groups is 1. The Morgan fingerprint density at radius 1 is 1.19 bits per heavy atom. The van der Waals surface area contributed by atoms with E-state index >= 15 is 0 Å². The van der Waals surface area contributed by atoms with Crippen molar-refractivity contribution in [2.45, 2.75) is 66.0 Å². The summed E-state index contributed by atoms with van der Waals surface area (Å²) in [5.41, 5.74) is 9.76. The van der Waals surface area contributed by atoms with Crippen molar-refractivity contribution in [2.24, 2.45) is 16.9 Å². The van der Waals surface area contributed by atoms with E-state index in [9.17, 15) is 19.5 Å². The molecule has 14 heteroatoms. The molecule has 1 atom stereocenters. The van der Waals surface area contributed by atoms with Gasteiger partial charge in [0.2, 0.25) is 5.91 Å². The summed E-state index contributed by atoms with van der Waals surface area (Å²) in [6, 6.07) is 4.74. The van der Waals surface area contributed by atoms with Gasteiger partial charge in [0.15, 0.2) is 23.1 Å². The number of para-hydroxylation sites is 1. The molecule has 0 aliphatic carbocycles. The second kappa shape index (κ2) is 13.6. The summed E-state index contributed by atoms with van der Waals surface area (Å²) >= 11 is 0. The van der Waals surface area contributed by atoms with E-state index in [0.29, 0.717) is 23.7 Å². The lowest BCUT2D eigenvalue weighted by atomic mass is 9.90. The number of fused-ring (bicyclic) bond motifs is 2. The van der Waals surface area contributed by atoms with Crippen LogP contribution < -0.4 is 42.6 Å². The summed E-state index contributed by atoms with van der Waals surface area (Å²) in [6.07, 6.45) is 0.742. The number of carbonyl (C=O) groups is 2. The fourth-order valence-electron chi connectivity index (χ4n) is 4.15. The normalized spacial score (nSPS) is 13.5. The highest BCUT2D eigenvalue weighted by Gasteiger charge is 2.30. The van der Waals surface area contributed by atoms with Crippen LogP contribution >= 0.6 is 0 Å². The summed E-state index contributed by atoms with van der Waals surface area (Å²) in [7, 11) is 0. The largest absolute Gasteiger partial charge is 0.490 e. The second-order valence-corrected chi connectivity index (χ2v) is 12.3. The summed E-state index contributed by atoms with van der Waals surface area (Å²) in [4.78, 5) is 44.8. The topological polar surface area (TPSA) is 199 Å². The monoisotopic (exact) mass is 588 g/mol. The van der Waals surface area contributed by atoms with Crippen LogP contribution in [-0.2, 0) is 16.1 Å². The Bertz CT molecular complexity index is 1310. The summed E-state index contributed by atoms with van der Waals surface area (Å²) in [6.45, 7) is 11.1. The third kappa shape index (κ3) is 9.22.